The first-order chi connectivity index (χ1) is 11.0. The molecule has 4 heteroatoms. The standard InChI is InChI=1S/C19H37NO3/c1-4-7-8-9-12-18(21)17-20(14-5-2,15-6-3)16-11-10-13-19(22)23/h9,12,18,21H,4-8,10-11,13-17H2,1-3H3/p+1/b12-9+. The van der Waals surface area contributed by atoms with Gasteiger partial charge in [0, 0.05) is 6.42 Å². The van der Waals surface area contributed by atoms with Crippen LogP contribution in [0.1, 0.15) is 72.1 Å². The van der Waals surface area contributed by atoms with E-state index in [1.807, 2.05) is 6.08 Å². The molecule has 0 aromatic carbocycles. The molecule has 0 heterocycles. The Morgan fingerprint density at radius 1 is 1.00 bits per heavy atom. The highest BCUT2D eigenvalue weighted by atomic mass is 16.4. The van der Waals surface area contributed by atoms with E-state index in [2.05, 4.69) is 26.8 Å². The van der Waals surface area contributed by atoms with Gasteiger partial charge < -0.3 is 14.7 Å². The molecule has 0 saturated heterocycles. The van der Waals surface area contributed by atoms with Crippen molar-refractivity contribution in [2.45, 2.75) is 78.2 Å². The van der Waals surface area contributed by atoms with Gasteiger partial charge in [0.15, 0.2) is 0 Å². The molecular weight excluding hydrogens is 290 g/mol. The van der Waals surface area contributed by atoms with Gasteiger partial charge in [0.1, 0.15) is 12.6 Å². The van der Waals surface area contributed by atoms with Crippen molar-refractivity contribution in [3.63, 3.8) is 0 Å². The van der Waals surface area contributed by atoms with Crippen LogP contribution in [0.4, 0.5) is 0 Å². The molecule has 0 aliphatic heterocycles. The summed E-state index contributed by atoms with van der Waals surface area (Å²) in [5.74, 6) is -0.715. The Kier molecular flexibility index (Phi) is 13.0. The van der Waals surface area contributed by atoms with Crippen LogP contribution >= 0.6 is 0 Å². The number of aliphatic hydroxyl groups excluding tert-OH is 1. The average molecular weight is 329 g/mol. The summed E-state index contributed by atoms with van der Waals surface area (Å²) >= 11 is 0. The van der Waals surface area contributed by atoms with Crippen LogP contribution in [0.15, 0.2) is 12.2 Å². The lowest BCUT2D eigenvalue weighted by molar-refractivity contribution is -0.930. The Bertz CT molecular complexity index is 323. The van der Waals surface area contributed by atoms with Gasteiger partial charge in [0.05, 0.1) is 19.6 Å². The molecule has 23 heavy (non-hydrogen) atoms. The second-order valence-electron chi connectivity index (χ2n) is 6.68. The van der Waals surface area contributed by atoms with Gasteiger partial charge in [0.2, 0.25) is 0 Å². The lowest BCUT2D eigenvalue weighted by Gasteiger charge is -2.39. The Balaban J connectivity index is 4.61. The molecule has 4 nitrogen and oxygen atoms in total. The third-order valence-corrected chi connectivity index (χ3v) is 4.33. The van der Waals surface area contributed by atoms with Crippen LogP contribution in [0, 0.1) is 0 Å². The zero-order chi connectivity index (χ0) is 17.6. The summed E-state index contributed by atoms with van der Waals surface area (Å²) in [7, 11) is 0. The summed E-state index contributed by atoms with van der Waals surface area (Å²) in [5.41, 5.74) is 0. The fourth-order valence-corrected chi connectivity index (χ4v) is 3.31. The first-order valence-electron chi connectivity index (χ1n) is 9.41. The van der Waals surface area contributed by atoms with E-state index >= 15 is 0 Å². The maximum atomic E-state index is 10.7. The van der Waals surface area contributed by atoms with Crippen molar-refractivity contribution in [2.24, 2.45) is 0 Å². The zero-order valence-corrected chi connectivity index (χ0v) is 15.5. The van der Waals surface area contributed by atoms with E-state index in [-0.39, 0.29) is 6.42 Å². The third kappa shape index (κ3) is 11.3. The normalized spacial score (nSPS) is 13.6. The zero-order valence-electron chi connectivity index (χ0n) is 15.5. The van der Waals surface area contributed by atoms with Crippen molar-refractivity contribution in [2.75, 3.05) is 26.2 Å². The van der Waals surface area contributed by atoms with E-state index in [1.165, 1.54) is 12.8 Å². The van der Waals surface area contributed by atoms with Crippen LogP contribution in [0.2, 0.25) is 0 Å². The summed E-state index contributed by atoms with van der Waals surface area (Å²) in [6.45, 7) is 10.4. The Labute approximate surface area is 142 Å². The van der Waals surface area contributed by atoms with Gasteiger partial charge in [0.25, 0.3) is 0 Å². The number of quaternary nitrogens is 1. The SMILES string of the molecule is CCCC/C=C/C(O)C[N+](CCC)(CCC)CCCCC(=O)O. The number of aliphatic carboxylic acids is 1. The summed E-state index contributed by atoms with van der Waals surface area (Å²) in [6, 6.07) is 0. The van der Waals surface area contributed by atoms with Gasteiger partial charge in [-0.05, 0) is 32.1 Å². The molecule has 0 fully saturated rings. The predicted molar refractivity (Wildman–Crippen MR) is 96.5 cm³/mol. The second kappa shape index (κ2) is 13.6. The molecule has 0 aromatic rings. The predicted octanol–water partition coefficient (Wildman–Crippen LogP) is 3.99. The topological polar surface area (TPSA) is 57.5 Å². The maximum absolute atomic E-state index is 10.7. The molecule has 0 amide bonds. The van der Waals surface area contributed by atoms with Crippen molar-refractivity contribution in [3.8, 4) is 0 Å². The quantitative estimate of drug-likeness (QED) is 0.271. The summed E-state index contributed by atoms with van der Waals surface area (Å²) < 4.78 is 0.909. The highest BCUT2D eigenvalue weighted by molar-refractivity contribution is 5.66. The van der Waals surface area contributed by atoms with Crippen LogP contribution in [0.3, 0.4) is 0 Å². The van der Waals surface area contributed by atoms with Crippen molar-refractivity contribution in [1.82, 2.24) is 0 Å². The second-order valence-corrected chi connectivity index (χ2v) is 6.68. The van der Waals surface area contributed by atoms with Crippen LogP contribution < -0.4 is 0 Å². The van der Waals surface area contributed by atoms with E-state index in [0.29, 0.717) is 0 Å². The molecule has 1 unspecified atom stereocenters. The molecule has 2 N–H and O–H groups in total. The number of carboxylic acids is 1. The lowest BCUT2D eigenvalue weighted by atomic mass is 10.1. The molecular formula is C19H38NO3+. The molecule has 0 saturated carbocycles. The first kappa shape index (κ1) is 22.1. The molecule has 0 bridgehead atoms. The largest absolute Gasteiger partial charge is 0.481 e. The van der Waals surface area contributed by atoms with Crippen LogP contribution in [0.25, 0.3) is 0 Å². The third-order valence-electron chi connectivity index (χ3n) is 4.33. The van der Waals surface area contributed by atoms with Crippen LogP contribution in [0.5, 0.6) is 0 Å². The van der Waals surface area contributed by atoms with Crippen molar-refractivity contribution < 1.29 is 19.5 Å². The van der Waals surface area contributed by atoms with E-state index in [4.69, 9.17) is 5.11 Å². The number of carboxylic acid groups (broad SMARTS) is 1. The smallest absolute Gasteiger partial charge is 0.303 e. The van der Waals surface area contributed by atoms with Crippen LogP contribution in [-0.4, -0.2) is 52.9 Å². The summed E-state index contributed by atoms with van der Waals surface area (Å²) in [5, 5.41) is 19.2. The minimum absolute atomic E-state index is 0.248. The maximum Gasteiger partial charge on any atom is 0.303 e. The highest BCUT2D eigenvalue weighted by Gasteiger charge is 2.27. The number of allylic oxidation sites excluding steroid dienone is 1. The Hall–Kier alpha value is -0.870. The fraction of sp³-hybridized carbons (Fsp3) is 0.842. The lowest BCUT2D eigenvalue weighted by Crippen LogP contribution is -2.53. The van der Waals surface area contributed by atoms with Crippen LogP contribution in [-0.2, 0) is 4.79 Å². The summed E-state index contributed by atoms with van der Waals surface area (Å²) in [6.07, 6.45) is 11.1. The molecule has 0 aromatic heterocycles. The van der Waals surface area contributed by atoms with Crippen molar-refractivity contribution >= 4 is 5.97 Å². The Morgan fingerprint density at radius 3 is 2.17 bits per heavy atom. The number of rotatable bonds is 15. The van der Waals surface area contributed by atoms with E-state index < -0.39 is 12.1 Å². The first-order valence-corrected chi connectivity index (χ1v) is 9.41. The van der Waals surface area contributed by atoms with Gasteiger partial charge in [-0.2, -0.15) is 0 Å². The number of unbranched alkanes of at least 4 members (excludes halogenated alkanes) is 3. The van der Waals surface area contributed by atoms with Crippen molar-refractivity contribution in [3.05, 3.63) is 12.2 Å². The molecule has 0 aliphatic rings. The van der Waals surface area contributed by atoms with Crippen molar-refractivity contribution in [1.29, 1.82) is 0 Å². The minimum Gasteiger partial charge on any atom is -0.481 e. The molecule has 136 valence electrons. The highest BCUT2D eigenvalue weighted by Crippen LogP contribution is 2.15. The van der Waals surface area contributed by atoms with Gasteiger partial charge >= 0.3 is 5.97 Å². The Morgan fingerprint density at radius 2 is 1.65 bits per heavy atom. The molecule has 0 radical (unpaired) electrons. The van der Waals surface area contributed by atoms with Gasteiger partial charge in [-0.15, -0.1) is 0 Å². The number of hydrogen-bond donors (Lipinski definition) is 2. The molecule has 0 rings (SSSR count). The van der Waals surface area contributed by atoms with E-state index in [0.717, 1.165) is 62.8 Å². The minimum atomic E-state index is -0.715. The van der Waals surface area contributed by atoms with E-state index in [1.54, 1.807) is 0 Å². The van der Waals surface area contributed by atoms with Gasteiger partial charge in [-0.25, -0.2) is 0 Å². The fourth-order valence-electron chi connectivity index (χ4n) is 3.31. The van der Waals surface area contributed by atoms with Gasteiger partial charge in [-0.3, -0.25) is 4.79 Å². The average Bonchev–Trinajstić information content (AvgIpc) is 2.48. The number of hydrogen-bond acceptors (Lipinski definition) is 2. The monoisotopic (exact) mass is 328 g/mol. The molecule has 0 spiro atoms. The number of carbonyl (C=O) groups is 1. The summed E-state index contributed by atoms with van der Waals surface area (Å²) in [4.78, 5) is 10.7. The molecule has 0 aliphatic carbocycles. The number of aliphatic hydroxyl groups is 1. The van der Waals surface area contributed by atoms with E-state index in [9.17, 15) is 9.90 Å². The molecule has 1 atom stereocenters. The number of nitrogens with zero attached hydrogens (tertiary/aromatic N) is 1. The van der Waals surface area contributed by atoms with Gasteiger partial charge in [-0.1, -0.05) is 45.8 Å².